The van der Waals surface area contributed by atoms with Crippen molar-refractivity contribution in [3.8, 4) is 0 Å². The van der Waals surface area contributed by atoms with Gasteiger partial charge in [-0.2, -0.15) is 0 Å². The first-order valence-electron chi connectivity index (χ1n) is 7.82. The van der Waals surface area contributed by atoms with Crippen molar-refractivity contribution in [1.82, 2.24) is 20.2 Å². The molecule has 1 aromatic heterocycles. The lowest BCUT2D eigenvalue weighted by molar-refractivity contribution is 0.231. The molecule has 0 saturated carbocycles. The van der Waals surface area contributed by atoms with Crippen molar-refractivity contribution in [1.29, 1.82) is 0 Å². The summed E-state index contributed by atoms with van der Waals surface area (Å²) in [7, 11) is 1.95. The minimum Gasteiger partial charge on any atom is -0.396 e. The zero-order chi connectivity index (χ0) is 16.4. The van der Waals surface area contributed by atoms with Gasteiger partial charge in [0.05, 0.1) is 17.6 Å². The summed E-state index contributed by atoms with van der Waals surface area (Å²) < 4.78 is 1.99. The Balaban J connectivity index is 1.59. The molecule has 23 heavy (non-hydrogen) atoms. The van der Waals surface area contributed by atoms with Crippen LogP contribution in [0.25, 0.3) is 11.0 Å². The third-order valence-corrected chi connectivity index (χ3v) is 4.26. The first kappa shape index (κ1) is 15.6. The summed E-state index contributed by atoms with van der Waals surface area (Å²) in [5, 5.41) is 14.8. The van der Waals surface area contributed by atoms with Crippen molar-refractivity contribution < 1.29 is 9.90 Å². The number of benzene rings is 1. The molecule has 1 aliphatic carbocycles. The molecule has 122 valence electrons. The fourth-order valence-corrected chi connectivity index (χ4v) is 2.91. The van der Waals surface area contributed by atoms with Gasteiger partial charge in [-0.15, -0.1) is 0 Å². The molecule has 3 N–H and O–H groups in total. The third kappa shape index (κ3) is 3.37. The van der Waals surface area contributed by atoms with E-state index in [0.29, 0.717) is 6.54 Å². The first-order chi connectivity index (χ1) is 11.1. The lowest BCUT2D eigenvalue weighted by Gasteiger charge is -2.13. The molecular weight excluding hydrogens is 292 g/mol. The van der Waals surface area contributed by atoms with Crippen LogP contribution in [-0.2, 0) is 13.6 Å². The van der Waals surface area contributed by atoms with Gasteiger partial charge in [0.15, 0.2) is 0 Å². The topological polar surface area (TPSA) is 79.2 Å². The van der Waals surface area contributed by atoms with E-state index in [-0.39, 0.29) is 24.6 Å². The largest absolute Gasteiger partial charge is 0.396 e. The molecule has 3 rings (SSSR count). The Labute approximate surface area is 135 Å². The van der Waals surface area contributed by atoms with Crippen molar-refractivity contribution in [2.24, 2.45) is 13.0 Å². The molecule has 6 heteroatoms. The van der Waals surface area contributed by atoms with Crippen molar-refractivity contribution in [2.45, 2.75) is 25.9 Å². The maximum atomic E-state index is 12.0. The molecular formula is C17H22N4O2. The number of rotatable bonds is 4. The summed E-state index contributed by atoms with van der Waals surface area (Å²) in [6.07, 6.45) is 4.62. The highest BCUT2D eigenvalue weighted by Crippen LogP contribution is 2.17. The van der Waals surface area contributed by atoms with Crippen LogP contribution in [-0.4, -0.2) is 33.3 Å². The number of amides is 2. The lowest BCUT2D eigenvalue weighted by atomic mass is 10.1. The molecule has 2 amide bonds. The molecule has 2 aromatic rings. The Hall–Kier alpha value is -2.34. The second-order valence-corrected chi connectivity index (χ2v) is 6.08. The molecule has 0 spiro atoms. The van der Waals surface area contributed by atoms with E-state index in [1.54, 1.807) is 0 Å². The van der Waals surface area contributed by atoms with Gasteiger partial charge >= 0.3 is 6.03 Å². The van der Waals surface area contributed by atoms with Crippen LogP contribution in [0.4, 0.5) is 4.79 Å². The quantitative estimate of drug-likeness (QED) is 0.750. The highest BCUT2D eigenvalue weighted by molar-refractivity contribution is 5.77. The molecule has 1 aromatic carbocycles. The Bertz CT molecular complexity index is 750. The van der Waals surface area contributed by atoms with E-state index in [2.05, 4.69) is 21.7 Å². The Morgan fingerprint density at radius 1 is 1.43 bits per heavy atom. The summed E-state index contributed by atoms with van der Waals surface area (Å²) in [6, 6.07) is 5.89. The number of aromatic nitrogens is 2. The average Bonchev–Trinajstić information content (AvgIpc) is 3.10. The molecule has 0 unspecified atom stereocenters. The van der Waals surface area contributed by atoms with E-state index in [0.717, 1.165) is 23.3 Å². The lowest BCUT2D eigenvalue weighted by Crippen LogP contribution is -2.40. The molecule has 0 bridgehead atoms. The molecule has 0 radical (unpaired) electrons. The van der Waals surface area contributed by atoms with E-state index in [1.165, 1.54) is 5.56 Å². The zero-order valence-corrected chi connectivity index (χ0v) is 13.4. The standard InChI is InChI=1S/C17H22N4O2/c1-11-3-6-15-14(7-11)20-16(21(15)2)9-18-17(23)19-13-5-4-12(8-13)10-22/h3-7,12-13,22H,8-10H2,1-2H3,(H2,18,19,23)/t12-,13+/m0/s1. The maximum absolute atomic E-state index is 12.0. The van der Waals surface area contributed by atoms with Crippen LogP contribution in [0.5, 0.6) is 0 Å². The number of fused-ring (bicyclic) bond motifs is 1. The van der Waals surface area contributed by atoms with Crippen LogP contribution in [0.15, 0.2) is 30.4 Å². The number of hydrogen-bond acceptors (Lipinski definition) is 3. The van der Waals surface area contributed by atoms with Crippen molar-refractivity contribution >= 4 is 17.1 Å². The van der Waals surface area contributed by atoms with Gasteiger partial charge in [0.1, 0.15) is 5.82 Å². The van der Waals surface area contributed by atoms with E-state index in [1.807, 2.05) is 42.8 Å². The summed E-state index contributed by atoms with van der Waals surface area (Å²) in [6.45, 7) is 2.53. The van der Waals surface area contributed by atoms with Crippen LogP contribution < -0.4 is 10.6 Å². The second kappa shape index (κ2) is 6.42. The number of urea groups is 1. The van der Waals surface area contributed by atoms with Crippen molar-refractivity contribution in [2.75, 3.05) is 6.61 Å². The highest BCUT2D eigenvalue weighted by atomic mass is 16.3. The zero-order valence-electron chi connectivity index (χ0n) is 13.4. The number of aliphatic hydroxyl groups is 1. The second-order valence-electron chi connectivity index (χ2n) is 6.08. The van der Waals surface area contributed by atoms with Gasteiger partial charge in [-0.1, -0.05) is 18.2 Å². The smallest absolute Gasteiger partial charge is 0.315 e. The number of nitrogens with one attached hydrogen (secondary N) is 2. The van der Waals surface area contributed by atoms with Crippen LogP contribution >= 0.6 is 0 Å². The Morgan fingerprint density at radius 2 is 2.26 bits per heavy atom. The summed E-state index contributed by atoms with van der Waals surface area (Å²) >= 11 is 0. The highest BCUT2D eigenvalue weighted by Gasteiger charge is 2.19. The van der Waals surface area contributed by atoms with Gasteiger partial charge < -0.3 is 20.3 Å². The molecule has 1 aliphatic rings. The first-order valence-corrected chi connectivity index (χ1v) is 7.82. The fraction of sp³-hybridized carbons (Fsp3) is 0.412. The number of aryl methyl sites for hydroxylation is 2. The number of hydrogen-bond donors (Lipinski definition) is 3. The van der Waals surface area contributed by atoms with Crippen LogP contribution in [0, 0.1) is 12.8 Å². The van der Waals surface area contributed by atoms with Gasteiger partial charge in [-0.3, -0.25) is 0 Å². The molecule has 6 nitrogen and oxygen atoms in total. The number of carbonyl (C=O) groups excluding carboxylic acids is 1. The van der Waals surface area contributed by atoms with Gasteiger partial charge in [0, 0.05) is 25.6 Å². The SMILES string of the molecule is Cc1ccc2c(c1)nc(CNC(=O)N[C@@H]1C=C[C@H](CO)C1)n2C. The van der Waals surface area contributed by atoms with Crippen molar-refractivity contribution in [3.63, 3.8) is 0 Å². The summed E-state index contributed by atoms with van der Waals surface area (Å²) in [5.74, 6) is 0.958. The minimum atomic E-state index is -0.221. The predicted molar refractivity (Wildman–Crippen MR) is 88.9 cm³/mol. The van der Waals surface area contributed by atoms with Gasteiger partial charge in [0.25, 0.3) is 0 Å². The summed E-state index contributed by atoms with van der Waals surface area (Å²) in [5.41, 5.74) is 3.16. The maximum Gasteiger partial charge on any atom is 0.315 e. The van der Waals surface area contributed by atoms with Crippen LogP contribution in [0.1, 0.15) is 17.8 Å². The normalized spacial score (nSPS) is 20.1. The fourth-order valence-electron chi connectivity index (χ4n) is 2.91. The van der Waals surface area contributed by atoms with E-state index < -0.39 is 0 Å². The molecule has 0 fully saturated rings. The van der Waals surface area contributed by atoms with Crippen LogP contribution in [0.3, 0.4) is 0 Å². The van der Waals surface area contributed by atoms with Gasteiger partial charge in [-0.05, 0) is 31.0 Å². The summed E-state index contributed by atoms with van der Waals surface area (Å²) in [4.78, 5) is 16.6. The van der Waals surface area contributed by atoms with E-state index in [4.69, 9.17) is 5.11 Å². The molecule has 0 saturated heterocycles. The van der Waals surface area contributed by atoms with Gasteiger partial charge in [-0.25, -0.2) is 9.78 Å². The number of carbonyl (C=O) groups is 1. The Kier molecular flexibility index (Phi) is 4.34. The third-order valence-electron chi connectivity index (χ3n) is 4.26. The Morgan fingerprint density at radius 3 is 3.00 bits per heavy atom. The molecule has 2 atom stereocenters. The average molecular weight is 314 g/mol. The predicted octanol–water partition coefficient (Wildman–Crippen LogP) is 1.62. The molecule has 1 heterocycles. The number of aliphatic hydroxyl groups excluding tert-OH is 1. The van der Waals surface area contributed by atoms with E-state index >= 15 is 0 Å². The van der Waals surface area contributed by atoms with Crippen LogP contribution in [0.2, 0.25) is 0 Å². The minimum absolute atomic E-state index is 0.0183. The number of nitrogens with zero attached hydrogens (tertiary/aromatic N) is 2. The van der Waals surface area contributed by atoms with Crippen molar-refractivity contribution in [3.05, 3.63) is 41.7 Å². The molecule has 0 aliphatic heterocycles. The van der Waals surface area contributed by atoms with E-state index in [9.17, 15) is 4.79 Å². The number of imidazole rings is 1. The van der Waals surface area contributed by atoms with Gasteiger partial charge in [0.2, 0.25) is 0 Å². The monoisotopic (exact) mass is 314 g/mol.